The highest BCUT2D eigenvalue weighted by molar-refractivity contribution is 6.99. The average molecular weight is 583 g/mol. The highest BCUT2D eigenvalue weighted by Gasteiger charge is 2.60. The van der Waals surface area contributed by atoms with E-state index in [0.29, 0.717) is 24.9 Å². The van der Waals surface area contributed by atoms with Gasteiger partial charge in [0.05, 0.1) is 19.8 Å². The summed E-state index contributed by atoms with van der Waals surface area (Å²) in [5.41, 5.74) is 1.37. The SMILES string of the molecule is COC(=O)CCC/C=C\C[C@@H]1[C@@H](CO[Si](c2ccccc2)(c2ccccc2)C(C)(C)C)[C@H]2C[C@]1(c1ccccc1)CO2. The second-order valence-corrected chi connectivity index (χ2v) is 17.3. The van der Waals surface area contributed by atoms with Crippen LogP contribution in [-0.2, 0) is 24.1 Å². The summed E-state index contributed by atoms with van der Waals surface area (Å²) in [4.78, 5) is 11.5. The zero-order chi connectivity index (χ0) is 29.6. The van der Waals surface area contributed by atoms with E-state index >= 15 is 0 Å². The Morgan fingerprint density at radius 3 is 2.10 bits per heavy atom. The summed E-state index contributed by atoms with van der Waals surface area (Å²) in [7, 11) is -1.21. The van der Waals surface area contributed by atoms with E-state index in [9.17, 15) is 4.79 Å². The Hall–Kier alpha value is -2.99. The first-order chi connectivity index (χ1) is 20.3. The van der Waals surface area contributed by atoms with Crippen molar-refractivity contribution in [3.8, 4) is 0 Å². The summed E-state index contributed by atoms with van der Waals surface area (Å²) in [5.74, 6) is 0.561. The van der Waals surface area contributed by atoms with Crippen LogP contribution in [0.15, 0.2) is 103 Å². The molecule has 0 unspecified atom stereocenters. The van der Waals surface area contributed by atoms with Gasteiger partial charge in [0, 0.05) is 24.4 Å². The normalized spacial score (nSPS) is 23.9. The van der Waals surface area contributed by atoms with E-state index < -0.39 is 8.32 Å². The minimum Gasteiger partial charge on any atom is -0.469 e. The Balaban J connectivity index is 1.45. The molecule has 1 aliphatic heterocycles. The lowest BCUT2D eigenvalue weighted by molar-refractivity contribution is -0.140. The Morgan fingerprint density at radius 2 is 1.52 bits per heavy atom. The molecule has 2 fully saturated rings. The molecule has 0 radical (unpaired) electrons. The van der Waals surface area contributed by atoms with Crippen LogP contribution in [0.25, 0.3) is 0 Å². The van der Waals surface area contributed by atoms with Crippen LogP contribution in [-0.4, -0.2) is 40.7 Å². The molecule has 1 heterocycles. The maximum absolute atomic E-state index is 11.5. The number of fused-ring (bicyclic) bond motifs is 2. The number of methoxy groups -OCH3 is 1. The Morgan fingerprint density at radius 1 is 0.929 bits per heavy atom. The number of carbonyl (C=O) groups excluding carboxylic acids is 1. The lowest BCUT2D eigenvalue weighted by atomic mass is 9.69. The van der Waals surface area contributed by atoms with E-state index in [1.54, 1.807) is 0 Å². The van der Waals surface area contributed by atoms with Gasteiger partial charge >= 0.3 is 5.97 Å². The molecular formula is C37H46O4Si. The van der Waals surface area contributed by atoms with Crippen LogP contribution < -0.4 is 10.4 Å². The molecule has 1 saturated heterocycles. The molecule has 0 aromatic heterocycles. The number of ether oxygens (including phenoxy) is 2. The van der Waals surface area contributed by atoms with E-state index in [0.717, 1.165) is 32.3 Å². The van der Waals surface area contributed by atoms with E-state index in [1.165, 1.54) is 23.0 Å². The van der Waals surface area contributed by atoms with Gasteiger partial charge < -0.3 is 13.9 Å². The zero-order valence-corrected chi connectivity index (χ0v) is 26.6. The zero-order valence-electron chi connectivity index (χ0n) is 25.6. The molecule has 222 valence electrons. The molecule has 5 rings (SSSR count). The van der Waals surface area contributed by atoms with Crippen LogP contribution in [0.1, 0.15) is 58.4 Å². The van der Waals surface area contributed by atoms with Crippen molar-refractivity contribution < 1.29 is 18.7 Å². The number of esters is 1. The van der Waals surface area contributed by atoms with Gasteiger partial charge in [0.25, 0.3) is 8.32 Å². The molecule has 2 aliphatic rings. The highest BCUT2D eigenvalue weighted by atomic mass is 28.4. The maximum atomic E-state index is 11.5. The standard InChI is InChI=1S/C37H46O4Si/c1-36(2,3)42(30-20-12-8-13-21-30,31-22-14-9-15-23-31)41-27-32-33(24-16-5-6-17-25-35(38)39-4)37(26-34(32)40-28-37)29-18-10-7-11-19-29/h5,7-16,18-23,32-34H,6,17,24-28H2,1-4H3/b16-5-/t32-,33-,34-,37-/m1/s1. The molecule has 42 heavy (non-hydrogen) atoms. The molecule has 4 atom stereocenters. The minimum atomic E-state index is -2.66. The van der Waals surface area contributed by atoms with Gasteiger partial charge in [-0.25, -0.2) is 0 Å². The van der Waals surface area contributed by atoms with Gasteiger partial charge in [0.2, 0.25) is 0 Å². The van der Waals surface area contributed by atoms with Crippen LogP contribution in [0, 0.1) is 11.8 Å². The summed E-state index contributed by atoms with van der Waals surface area (Å²) in [5, 5.41) is 2.56. The predicted molar refractivity (Wildman–Crippen MR) is 173 cm³/mol. The van der Waals surface area contributed by atoms with E-state index in [1.807, 2.05) is 0 Å². The molecule has 3 aromatic rings. The monoisotopic (exact) mass is 582 g/mol. The van der Waals surface area contributed by atoms with Gasteiger partial charge in [-0.15, -0.1) is 0 Å². The average Bonchev–Trinajstić information content (AvgIpc) is 3.58. The van der Waals surface area contributed by atoms with Gasteiger partial charge in [-0.05, 0) is 52.6 Å². The van der Waals surface area contributed by atoms with E-state index in [4.69, 9.17) is 13.9 Å². The molecule has 3 aromatic carbocycles. The van der Waals surface area contributed by atoms with Crippen LogP contribution >= 0.6 is 0 Å². The summed E-state index contributed by atoms with van der Waals surface area (Å²) >= 11 is 0. The fourth-order valence-electron chi connectivity index (χ4n) is 7.55. The second kappa shape index (κ2) is 13.1. The third-order valence-corrected chi connectivity index (χ3v) is 14.6. The third kappa shape index (κ3) is 5.92. The number of unbranched alkanes of at least 4 members (excludes halogenated alkanes) is 1. The fraction of sp³-hybridized carbons (Fsp3) is 0.432. The largest absolute Gasteiger partial charge is 0.469 e. The van der Waals surface area contributed by atoms with Crippen LogP contribution in [0.5, 0.6) is 0 Å². The van der Waals surface area contributed by atoms with Crippen LogP contribution in [0.3, 0.4) is 0 Å². The Kier molecular flexibility index (Phi) is 9.51. The third-order valence-electron chi connectivity index (χ3n) is 9.62. The molecule has 0 spiro atoms. The smallest absolute Gasteiger partial charge is 0.305 e. The van der Waals surface area contributed by atoms with E-state index in [-0.39, 0.29) is 22.5 Å². The molecule has 5 heteroatoms. The van der Waals surface area contributed by atoms with Gasteiger partial charge in [0.15, 0.2) is 0 Å². The van der Waals surface area contributed by atoms with E-state index in [2.05, 4.69) is 124 Å². The molecular weight excluding hydrogens is 536 g/mol. The van der Waals surface area contributed by atoms with Crippen molar-refractivity contribution in [2.75, 3.05) is 20.3 Å². The lowest BCUT2D eigenvalue weighted by Gasteiger charge is -2.45. The van der Waals surface area contributed by atoms with Crippen molar-refractivity contribution in [1.82, 2.24) is 0 Å². The number of allylic oxidation sites excluding steroid dienone is 2. The molecule has 4 nitrogen and oxygen atoms in total. The molecule has 1 saturated carbocycles. The number of rotatable bonds is 12. The Bertz CT molecular complexity index is 1280. The summed E-state index contributed by atoms with van der Waals surface area (Å²) in [6.45, 7) is 8.47. The van der Waals surface area contributed by atoms with Crippen molar-refractivity contribution in [1.29, 1.82) is 0 Å². The molecule has 0 amide bonds. The topological polar surface area (TPSA) is 44.8 Å². The van der Waals surface area contributed by atoms with Crippen molar-refractivity contribution >= 4 is 24.7 Å². The number of carbonyl (C=O) groups is 1. The lowest BCUT2D eigenvalue weighted by Crippen LogP contribution is -2.67. The first-order valence-corrected chi connectivity index (χ1v) is 17.4. The maximum Gasteiger partial charge on any atom is 0.305 e. The number of hydrogen-bond donors (Lipinski definition) is 0. The highest BCUT2D eigenvalue weighted by Crippen LogP contribution is 2.57. The van der Waals surface area contributed by atoms with Crippen molar-refractivity contribution in [3.63, 3.8) is 0 Å². The van der Waals surface area contributed by atoms with Gasteiger partial charge in [0.1, 0.15) is 0 Å². The van der Waals surface area contributed by atoms with Crippen molar-refractivity contribution in [3.05, 3.63) is 109 Å². The van der Waals surface area contributed by atoms with Crippen molar-refractivity contribution in [2.24, 2.45) is 11.8 Å². The summed E-state index contributed by atoms with van der Waals surface area (Å²) in [6, 6.07) is 32.8. The Labute approximate surface area is 253 Å². The first kappa shape index (κ1) is 30.5. The van der Waals surface area contributed by atoms with Crippen LogP contribution in [0.4, 0.5) is 0 Å². The number of hydrogen-bond acceptors (Lipinski definition) is 4. The minimum absolute atomic E-state index is 0.0122. The van der Waals surface area contributed by atoms with Gasteiger partial charge in [-0.2, -0.15) is 0 Å². The summed E-state index contributed by atoms with van der Waals surface area (Å²) < 4.78 is 18.8. The quantitative estimate of drug-likeness (QED) is 0.102. The summed E-state index contributed by atoms with van der Waals surface area (Å²) in [6.07, 6.45) is 8.92. The molecule has 0 N–H and O–H groups in total. The fourth-order valence-corrected chi connectivity index (χ4v) is 12.2. The van der Waals surface area contributed by atoms with Crippen LogP contribution in [0.2, 0.25) is 5.04 Å². The predicted octanol–water partition coefficient (Wildman–Crippen LogP) is 6.83. The van der Waals surface area contributed by atoms with Gasteiger partial charge in [-0.1, -0.05) is 124 Å². The molecule has 2 bridgehead atoms. The van der Waals surface area contributed by atoms with Crippen molar-refractivity contribution in [2.45, 2.75) is 69.4 Å². The number of benzene rings is 3. The molecule has 1 aliphatic carbocycles. The first-order valence-electron chi connectivity index (χ1n) is 15.5. The second-order valence-electron chi connectivity index (χ2n) is 13.0. The van der Waals surface area contributed by atoms with Gasteiger partial charge in [-0.3, -0.25) is 4.79 Å².